The van der Waals surface area contributed by atoms with Crippen molar-refractivity contribution >= 4 is 41.3 Å². The molecule has 0 bridgehead atoms. The SMILES string of the molecule is CN=C(NCC(C)Cc1cccs1)NCC1(CCOC)CCCC1.I. The van der Waals surface area contributed by atoms with Gasteiger partial charge < -0.3 is 15.4 Å². The number of nitrogens with one attached hydrogen (secondary N) is 2. The topological polar surface area (TPSA) is 45.7 Å². The van der Waals surface area contributed by atoms with Crippen LogP contribution in [0.3, 0.4) is 0 Å². The van der Waals surface area contributed by atoms with Crippen LogP contribution in [0.2, 0.25) is 0 Å². The standard InChI is InChI=1S/C19H33N3OS.HI/c1-16(13-17-7-6-12-24-17)14-21-18(20-2)22-15-19(10-11-23-3)8-4-5-9-19;/h6-7,12,16H,4-5,8-11,13-15H2,1-3H3,(H2,20,21,22);1H. The van der Waals surface area contributed by atoms with E-state index in [0.717, 1.165) is 38.5 Å². The van der Waals surface area contributed by atoms with Gasteiger partial charge in [0.05, 0.1) is 0 Å². The molecule has 25 heavy (non-hydrogen) atoms. The Labute approximate surface area is 174 Å². The Hall–Kier alpha value is -0.340. The van der Waals surface area contributed by atoms with Gasteiger partial charge in [0.2, 0.25) is 0 Å². The zero-order chi connectivity index (χ0) is 17.3. The van der Waals surface area contributed by atoms with Gasteiger partial charge in [0.15, 0.2) is 5.96 Å². The van der Waals surface area contributed by atoms with E-state index >= 15 is 0 Å². The third-order valence-corrected chi connectivity index (χ3v) is 6.00. The van der Waals surface area contributed by atoms with Crippen LogP contribution in [0.4, 0.5) is 0 Å². The lowest BCUT2D eigenvalue weighted by Crippen LogP contribution is -2.44. The molecular formula is C19H34IN3OS. The van der Waals surface area contributed by atoms with Crippen LogP contribution in [0.25, 0.3) is 0 Å². The highest BCUT2D eigenvalue weighted by atomic mass is 127. The highest BCUT2D eigenvalue weighted by Gasteiger charge is 2.33. The van der Waals surface area contributed by atoms with Crippen molar-refractivity contribution in [2.75, 3.05) is 33.9 Å². The third-order valence-electron chi connectivity index (χ3n) is 5.10. The molecule has 6 heteroatoms. The Balaban J connectivity index is 0.00000312. The second-order valence-corrected chi connectivity index (χ2v) is 8.18. The van der Waals surface area contributed by atoms with Crippen molar-refractivity contribution in [3.63, 3.8) is 0 Å². The Kier molecular flexibility index (Phi) is 11.0. The first-order valence-electron chi connectivity index (χ1n) is 9.13. The summed E-state index contributed by atoms with van der Waals surface area (Å²) in [4.78, 5) is 5.85. The van der Waals surface area contributed by atoms with Crippen molar-refractivity contribution in [3.8, 4) is 0 Å². The Morgan fingerprint density at radius 3 is 2.72 bits per heavy atom. The molecule has 1 fully saturated rings. The lowest BCUT2D eigenvalue weighted by Gasteiger charge is -2.30. The number of hydrogen-bond donors (Lipinski definition) is 2. The van der Waals surface area contributed by atoms with Gasteiger partial charge in [0, 0.05) is 38.7 Å². The highest BCUT2D eigenvalue weighted by Crippen LogP contribution is 2.40. The summed E-state index contributed by atoms with van der Waals surface area (Å²) >= 11 is 1.84. The van der Waals surface area contributed by atoms with E-state index in [9.17, 15) is 0 Å². The van der Waals surface area contributed by atoms with Crippen molar-refractivity contribution in [2.24, 2.45) is 16.3 Å². The molecule has 144 valence electrons. The molecule has 1 aromatic heterocycles. The predicted octanol–water partition coefficient (Wildman–Crippen LogP) is 4.31. The van der Waals surface area contributed by atoms with E-state index in [0.29, 0.717) is 11.3 Å². The number of guanidine groups is 1. The third kappa shape index (κ3) is 7.83. The van der Waals surface area contributed by atoms with Crippen molar-refractivity contribution < 1.29 is 4.74 Å². The average Bonchev–Trinajstić information content (AvgIpc) is 3.25. The van der Waals surface area contributed by atoms with Gasteiger partial charge >= 0.3 is 0 Å². The molecule has 2 rings (SSSR count). The molecular weight excluding hydrogens is 445 g/mol. The summed E-state index contributed by atoms with van der Waals surface area (Å²) in [6, 6.07) is 4.34. The van der Waals surface area contributed by atoms with Crippen LogP contribution >= 0.6 is 35.3 Å². The molecule has 0 aliphatic heterocycles. The molecule has 0 amide bonds. The van der Waals surface area contributed by atoms with E-state index in [-0.39, 0.29) is 24.0 Å². The smallest absolute Gasteiger partial charge is 0.191 e. The number of rotatable bonds is 9. The normalized spacial score (nSPS) is 17.8. The minimum Gasteiger partial charge on any atom is -0.385 e. The molecule has 1 unspecified atom stereocenters. The van der Waals surface area contributed by atoms with Gasteiger partial charge in [-0.25, -0.2) is 0 Å². The Morgan fingerprint density at radius 1 is 1.36 bits per heavy atom. The molecule has 1 aliphatic carbocycles. The van der Waals surface area contributed by atoms with E-state index < -0.39 is 0 Å². The van der Waals surface area contributed by atoms with Crippen molar-refractivity contribution in [3.05, 3.63) is 22.4 Å². The molecule has 1 atom stereocenters. The highest BCUT2D eigenvalue weighted by molar-refractivity contribution is 14.0. The summed E-state index contributed by atoms with van der Waals surface area (Å²) in [5.74, 6) is 1.52. The maximum Gasteiger partial charge on any atom is 0.191 e. The van der Waals surface area contributed by atoms with Crippen LogP contribution < -0.4 is 10.6 Å². The molecule has 4 nitrogen and oxygen atoms in total. The first kappa shape index (κ1) is 22.7. The van der Waals surface area contributed by atoms with E-state index in [1.54, 1.807) is 7.11 Å². The number of nitrogens with zero attached hydrogens (tertiary/aromatic N) is 1. The largest absolute Gasteiger partial charge is 0.385 e. The molecule has 1 aromatic rings. The summed E-state index contributed by atoms with van der Waals surface area (Å²) in [5, 5.41) is 9.20. The Morgan fingerprint density at radius 2 is 2.12 bits per heavy atom. The monoisotopic (exact) mass is 479 g/mol. The second-order valence-electron chi connectivity index (χ2n) is 7.15. The van der Waals surface area contributed by atoms with Crippen LogP contribution in [0.15, 0.2) is 22.5 Å². The van der Waals surface area contributed by atoms with Crippen molar-refractivity contribution in [1.82, 2.24) is 10.6 Å². The van der Waals surface area contributed by atoms with Crippen LogP contribution in [-0.2, 0) is 11.2 Å². The maximum absolute atomic E-state index is 5.32. The molecule has 0 radical (unpaired) electrons. The molecule has 0 spiro atoms. The maximum atomic E-state index is 5.32. The fourth-order valence-electron chi connectivity index (χ4n) is 3.57. The predicted molar refractivity (Wildman–Crippen MR) is 119 cm³/mol. The minimum absolute atomic E-state index is 0. The van der Waals surface area contributed by atoms with Crippen LogP contribution in [0.1, 0.15) is 43.9 Å². The summed E-state index contributed by atoms with van der Waals surface area (Å²) in [5.41, 5.74) is 0.385. The number of methoxy groups -OCH3 is 1. The number of ether oxygens (including phenoxy) is 1. The van der Waals surface area contributed by atoms with E-state index in [1.807, 2.05) is 18.4 Å². The van der Waals surface area contributed by atoms with Gasteiger partial charge in [-0.2, -0.15) is 0 Å². The number of hydrogen-bond acceptors (Lipinski definition) is 3. The molecule has 1 aliphatic rings. The van der Waals surface area contributed by atoms with Crippen molar-refractivity contribution in [1.29, 1.82) is 0 Å². The van der Waals surface area contributed by atoms with E-state index in [2.05, 4.69) is 40.1 Å². The fourth-order valence-corrected chi connectivity index (χ4v) is 4.44. The lowest BCUT2D eigenvalue weighted by molar-refractivity contribution is 0.138. The summed E-state index contributed by atoms with van der Waals surface area (Å²) in [6.07, 6.45) is 7.55. The van der Waals surface area contributed by atoms with Gasteiger partial charge in [-0.3, -0.25) is 4.99 Å². The number of thiophene rings is 1. The zero-order valence-corrected chi connectivity index (χ0v) is 19.0. The fraction of sp³-hybridized carbons (Fsp3) is 0.737. The summed E-state index contributed by atoms with van der Waals surface area (Å²) < 4.78 is 5.32. The van der Waals surface area contributed by atoms with Gasteiger partial charge in [0.1, 0.15) is 0 Å². The van der Waals surface area contributed by atoms with E-state index in [1.165, 1.54) is 30.6 Å². The van der Waals surface area contributed by atoms with Crippen molar-refractivity contribution in [2.45, 2.75) is 45.4 Å². The Bertz CT molecular complexity index is 487. The zero-order valence-electron chi connectivity index (χ0n) is 15.8. The molecule has 1 heterocycles. The average molecular weight is 479 g/mol. The van der Waals surface area contributed by atoms with Crippen LogP contribution in [-0.4, -0.2) is 39.8 Å². The summed E-state index contributed by atoms with van der Waals surface area (Å²) in [7, 11) is 3.65. The van der Waals surface area contributed by atoms with Gasteiger partial charge in [0.25, 0.3) is 0 Å². The molecule has 0 saturated heterocycles. The first-order chi connectivity index (χ1) is 11.7. The first-order valence-corrected chi connectivity index (χ1v) is 10.0. The molecule has 2 N–H and O–H groups in total. The summed E-state index contributed by atoms with van der Waals surface area (Å²) in [6.45, 7) is 5.08. The van der Waals surface area contributed by atoms with Gasteiger partial charge in [-0.05, 0) is 48.5 Å². The number of aliphatic imine (C=N–C) groups is 1. The van der Waals surface area contributed by atoms with Crippen LogP contribution in [0.5, 0.6) is 0 Å². The van der Waals surface area contributed by atoms with Gasteiger partial charge in [-0.15, -0.1) is 35.3 Å². The molecule has 1 saturated carbocycles. The number of halogens is 1. The second kappa shape index (κ2) is 12.1. The van der Waals surface area contributed by atoms with E-state index in [4.69, 9.17) is 4.74 Å². The quantitative estimate of drug-likeness (QED) is 0.315. The minimum atomic E-state index is 0. The molecule has 0 aromatic carbocycles. The van der Waals surface area contributed by atoms with Gasteiger partial charge in [-0.1, -0.05) is 25.8 Å². The lowest BCUT2D eigenvalue weighted by atomic mass is 9.83. The van der Waals surface area contributed by atoms with Crippen LogP contribution in [0, 0.1) is 11.3 Å².